The number of rotatable bonds is 6. The summed E-state index contributed by atoms with van der Waals surface area (Å²) in [4.78, 5) is 21.7. The number of anilines is 1. The fraction of sp³-hybridized carbons (Fsp3) is 0.333. The molecular weight excluding hydrogens is 445 g/mol. The van der Waals surface area contributed by atoms with E-state index < -0.39 is 6.10 Å². The average molecular weight is 470 g/mol. The van der Waals surface area contributed by atoms with Crippen molar-refractivity contribution in [2.24, 2.45) is 0 Å². The van der Waals surface area contributed by atoms with Crippen LogP contribution in [0, 0.1) is 5.82 Å². The molecule has 2 aliphatic heterocycles. The Morgan fingerprint density at radius 3 is 2.76 bits per heavy atom. The van der Waals surface area contributed by atoms with E-state index in [2.05, 4.69) is 4.90 Å². The number of carbonyl (C=O) groups is 1. The van der Waals surface area contributed by atoms with E-state index in [1.54, 1.807) is 12.1 Å². The minimum Gasteiger partial charge on any atom is -0.486 e. The number of fused-ring (bicyclic) bond motifs is 1. The van der Waals surface area contributed by atoms with Crippen molar-refractivity contribution in [3.8, 4) is 11.5 Å². The lowest BCUT2D eigenvalue weighted by molar-refractivity contribution is -0.142. The number of nitrogens with zero attached hydrogens (tertiary/aromatic N) is 3. The first kappa shape index (κ1) is 21.7. The van der Waals surface area contributed by atoms with Crippen LogP contribution in [0.4, 0.5) is 10.1 Å². The molecule has 172 valence electrons. The molecule has 1 saturated heterocycles. The molecule has 2 aromatic carbocycles. The SMILES string of the molecule is O=C([C@H]1CN(Cc2csc(COc3ccc(F)cc3)n2)c2ccccc2O1)N1CCOCC1. The summed E-state index contributed by atoms with van der Waals surface area (Å²) >= 11 is 1.51. The topological polar surface area (TPSA) is 64.1 Å². The highest BCUT2D eigenvalue weighted by Crippen LogP contribution is 2.34. The highest BCUT2D eigenvalue weighted by Gasteiger charge is 2.34. The Morgan fingerprint density at radius 2 is 1.94 bits per heavy atom. The molecule has 0 spiro atoms. The molecule has 1 aromatic heterocycles. The molecule has 0 radical (unpaired) electrons. The third-order valence-corrected chi connectivity index (χ3v) is 6.46. The summed E-state index contributed by atoms with van der Waals surface area (Å²) in [6, 6.07) is 13.7. The Bertz CT molecular complexity index is 1100. The van der Waals surface area contributed by atoms with Gasteiger partial charge < -0.3 is 24.0 Å². The molecule has 0 bridgehead atoms. The van der Waals surface area contributed by atoms with Crippen molar-refractivity contribution in [3.63, 3.8) is 0 Å². The summed E-state index contributed by atoms with van der Waals surface area (Å²) in [7, 11) is 0. The van der Waals surface area contributed by atoms with Crippen LogP contribution in [0.3, 0.4) is 0 Å². The lowest BCUT2D eigenvalue weighted by atomic mass is 10.1. The summed E-state index contributed by atoms with van der Waals surface area (Å²) in [5.74, 6) is 0.990. The maximum atomic E-state index is 13.1. The van der Waals surface area contributed by atoms with Gasteiger partial charge in [0, 0.05) is 18.5 Å². The molecule has 1 atom stereocenters. The van der Waals surface area contributed by atoms with E-state index in [0.717, 1.165) is 16.4 Å². The number of para-hydroxylation sites is 2. The van der Waals surface area contributed by atoms with Gasteiger partial charge in [0.15, 0.2) is 6.10 Å². The number of morpholine rings is 1. The van der Waals surface area contributed by atoms with E-state index in [9.17, 15) is 9.18 Å². The standard InChI is InChI=1S/C24H24FN3O4S/c25-17-5-7-19(8-6-17)31-15-23-26-18(16-33-23)13-28-14-22(24(29)27-9-11-30-12-10-27)32-21-4-2-1-3-20(21)28/h1-8,16,22H,9-15H2/t22-/m1/s1. The van der Waals surface area contributed by atoms with Crippen molar-refractivity contribution in [1.82, 2.24) is 9.88 Å². The number of benzene rings is 2. The predicted octanol–water partition coefficient (Wildman–Crippen LogP) is 3.49. The first-order chi connectivity index (χ1) is 16.2. The Morgan fingerprint density at radius 1 is 1.15 bits per heavy atom. The second kappa shape index (κ2) is 9.76. The molecule has 1 amide bonds. The second-order valence-electron chi connectivity index (χ2n) is 7.87. The Hall–Kier alpha value is -3.17. The van der Waals surface area contributed by atoms with Crippen molar-refractivity contribution in [1.29, 1.82) is 0 Å². The number of amides is 1. The molecule has 0 aliphatic carbocycles. The highest BCUT2D eigenvalue weighted by atomic mass is 32.1. The number of hydrogen-bond acceptors (Lipinski definition) is 7. The molecule has 33 heavy (non-hydrogen) atoms. The zero-order valence-electron chi connectivity index (χ0n) is 18.0. The number of aromatic nitrogens is 1. The summed E-state index contributed by atoms with van der Waals surface area (Å²) < 4.78 is 30.2. The van der Waals surface area contributed by atoms with Gasteiger partial charge in [0.05, 0.1) is 37.7 Å². The average Bonchev–Trinajstić information content (AvgIpc) is 3.31. The van der Waals surface area contributed by atoms with Gasteiger partial charge in [0.2, 0.25) is 0 Å². The van der Waals surface area contributed by atoms with Crippen LogP contribution in [0.5, 0.6) is 11.5 Å². The highest BCUT2D eigenvalue weighted by molar-refractivity contribution is 7.09. The number of halogens is 1. The zero-order chi connectivity index (χ0) is 22.6. The number of hydrogen-bond donors (Lipinski definition) is 0. The van der Waals surface area contributed by atoms with Crippen LogP contribution in [-0.2, 0) is 22.7 Å². The van der Waals surface area contributed by atoms with Crippen molar-refractivity contribution in [3.05, 3.63) is 70.4 Å². The van der Waals surface area contributed by atoms with Crippen LogP contribution in [0.2, 0.25) is 0 Å². The van der Waals surface area contributed by atoms with E-state index >= 15 is 0 Å². The van der Waals surface area contributed by atoms with Gasteiger partial charge in [-0.1, -0.05) is 12.1 Å². The number of ether oxygens (including phenoxy) is 3. The van der Waals surface area contributed by atoms with Crippen LogP contribution in [0.1, 0.15) is 10.7 Å². The maximum absolute atomic E-state index is 13.1. The lowest BCUT2D eigenvalue weighted by Gasteiger charge is -2.38. The molecular formula is C24H24FN3O4S. The van der Waals surface area contributed by atoms with Crippen molar-refractivity contribution < 1.29 is 23.4 Å². The van der Waals surface area contributed by atoms with Crippen LogP contribution >= 0.6 is 11.3 Å². The van der Waals surface area contributed by atoms with E-state index in [4.69, 9.17) is 19.2 Å². The summed E-state index contributed by atoms with van der Waals surface area (Å²) in [5.41, 5.74) is 1.84. The Kier molecular flexibility index (Phi) is 6.41. The third kappa shape index (κ3) is 5.09. The minimum atomic E-state index is -0.571. The Labute approximate surface area is 195 Å². The van der Waals surface area contributed by atoms with E-state index in [1.165, 1.54) is 23.5 Å². The van der Waals surface area contributed by atoms with Crippen molar-refractivity contribution in [2.45, 2.75) is 19.3 Å². The van der Waals surface area contributed by atoms with Crippen LogP contribution < -0.4 is 14.4 Å². The monoisotopic (exact) mass is 469 g/mol. The molecule has 5 rings (SSSR count). The van der Waals surface area contributed by atoms with Gasteiger partial charge in [-0.05, 0) is 36.4 Å². The van der Waals surface area contributed by atoms with Gasteiger partial charge >= 0.3 is 0 Å². The second-order valence-corrected chi connectivity index (χ2v) is 8.81. The summed E-state index contributed by atoms with van der Waals surface area (Å²) in [6.07, 6.45) is -0.571. The maximum Gasteiger partial charge on any atom is 0.265 e. The van der Waals surface area contributed by atoms with Crippen molar-refractivity contribution >= 4 is 22.9 Å². The van der Waals surface area contributed by atoms with Crippen LogP contribution in [-0.4, -0.2) is 54.7 Å². The first-order valence-electron chi connectivity index (χ1n) is 10.8. The van der Waals surface area contributed by atoms with Gasteiger partial charge in [-0.25, -0.2) is 9.37 Å². The largest absolute Gasteiger partial charge is 0.486 e. The van der Waals surface area contributed by atoms with Gasteiger partial charge in [-0.3, -0.25) is 4.79 Å². The quantitative estimate of drug-likeness (QED) is 0.551. The lowest BCUT2D eigenvalue weighted by Crippen LogP contribution is -2.52. The molecule has 2 aliphatic rings. The Balaban J connectivity index is 1.27. The van der Waals surface area contributed by atoms with Crippen LogP contribution in [0.15, 0.2) is 53.9 Å². The molecule has 3 aromatic rings. The first-order valence-corrected chi connectivity index (χ1v) is 11.7. The number of thiazole rings is 1. The molecule has 9 heteroatoms. The number of carbonyl (C=O) groups excluding carboxylic acids is 1. The fourth-order valence-corrected chi connectivity index (χ4v) is 4.63. The molecule has 3 heterocycles. The molecule has 7 nitrogen and oxygen atoms in total. The van der Waals surface area contributed by atoms with E-state index in [-0.39, 0.29) is 11.7 Å². The summed E-state index contributed by atoms with van der Waals surface area (Å²) in [5, 5.41) is 2.83. The van der Waals surface area contributed by atoms with Gasteiger partial charge in [0.25, 0.3) is 5.91 Å². The van der Waals surface area contributed by atoms with E-state index in [0.29, 0.717) is 57.5 Å². The molecule has 0 N–H and O–H groups in total. The van der Waals surface area contributed by atoms with Gasteiger partial charge in [0.1, 0.15) is 28.9 Å². The molecule has 1 fully saturated rings. The molecule has 0 unspecified atom stereocenters. The van der Waals surface area contributed by atoms with Crippen LogP contribution in [0.25, 0.3) is 0 Å². The third-order valence-electron chi connectivity index (χ3n) is 5.59. The fourth-order valence-electron chi connectivity index (χ4n) is 3.93. The smallest absolute Gasteiger partial charge is 0.265 e. The van der Waals surface area contributed by atoms with E-state index in [1.807, 2.05) is 34.5 Å². The van der Waals surface area contributed by atoms with Crippen molar-refractivity contribution in [2.75, 3.05) is 37.7 Å². The predicted molar refractivity (Wildman–Crippen MR) is 122 cm³/mol. The normalized spacial score (nSPS) is 17.9. The molecule has 0 saturated carbocycles. The minimum absolute atomic E-state index is 0.00975. The zero-order valence-corrected chi connectivity index (χ0v) is 18.8. The summed E-state index contributed by atoms with van der Waals surface area (Å²) in [6.45, 7) is 3.61. The van der Waals surface area contributed by atoms with Gasteiger partial charge in [-0.15, -0.1) is 11.3 Å². The van der Waals surface area contributed by atoms with Gasteiger partial charge in [-0.2, -0.15) is 0 Å².